The van der Waals surface area contributed by atoms with Gasteiger partial charge in [-0.15, -0.1) is 0 Å². The van der Waals surface area contributed by atoms with Crippen LogP contribution in [0.3, 0.4) is 0 Å². The maximum atomic E-state index is 11.6. The zero-order chi connectivity index (χ0) is 10.8. The molecule has 1 fully saturated rings. The van der Waals surface area contributed by atoms with E-state index in [1.165, 1.54) is 6.92 Å². The third-order valence-electron chi connectivity index (χ3n) is 2.63. The molecular weight excluding hydrogens is 182 g/mol. The van der Waals surface area contributed by atoms with Gasteiger partial charge in [0.15, 0.2) is 0 Å². The average molecular weight is 195 g/mol. The van der Waals surface area contributed by atoms with Crippen LogP contribution >= 0.6 is 0 Å². The van der Waals surface area contributed by atoms with Crippen LogP contribution in [0, 0.1) is 16.7 Å². The molecule has 0 aromatic rings. The Kier molecular flexibility index (Phi) is 2.75. The fraction of sp³-hybridized carbons (Fsp3) is 0.667. The van der Waals surface area contributed by atoms with Gasteiger partial charge in [-0.1, -0.05) is 0 Å². The molecule has 5 heteroatoms. The second-order valence-corrected chi connectivity index (χ2v) is 3.64. The fourth-order valence-corrected chi connectivity index (χ4v) is 1.33. The van der Waals surface area contributed by atoms with Gasteiger partial charge in [0.2, 0.25) is 11.8 Å². The molecule has 0 spiro atoms. The van der Waals surface area contributed by atoms with Crippen molar-refractivity contribution in [3.8, 4) is 6.07 Å². The van der Waals surface area contributed by atoms with Crippen molar-refractivity contribution in [3.63, 3.8) is 0 Å². The van der Waals surface area contributed by atoms with Crippen LogP contribution in [0.25, 0.3) is 0 Å². The molecule has 1 atom stereocenters. The highest BCUT2D eigenvalue weighted by Crippen LogP contribution is 2.40. The molecular formula is C9H13N3O2. The molecule has 0 bridgehead atoms. The predicted molar refractivity (Wildman–Crippen MR) is 48.7 cm³/mol. The quantitative estimate of drug-likeness (QED) is 0.645. The summed E-state index contributed by atoms with van der Waals surface area (Å²) in [4.78, 5) is 22.2. The summed E-state index contributed by atoms with van der Waals surface area (Å²) in [6, 6.07) is 1.28. The van der Waals surface area contributed by atoms with E-state index in [2.05, 4.69) is 5.32 Å². The molecule has 2 amide bonds. The first-order valence-electron chi connectivity index (χ1n) is 4.53. The van der Waals surface area contributed by atoms with Crippen LogP contribution in [0.4, 0.5) is 0 Å². The summed E-state index contributed by atoms with van der Waals surface area (Å²) in [5.74, 6) is -0.969. The summed E-state index contributed by atoms with van der Waals surface area (Å²) in [6.07, 6.45) is 2.02. The summed E-state index contributed by atoms with van der Waals surface area (Å²) < 4.78 is 0. The Hall–Kier alpha value is -1.57. The Labute approximate surface area is 82.3 Å². The highest BCUT2D eigenvalue weighted by Gasteiger charge is 2.45. The Morgan fingerprint density at radius 1 is 1.57 bits per heavy atom. The topological polar surface area (TPSA) is 96.0 Å². The van der Waals surface area contributed by atoms with Crippen molar-refractivity contribution in [2.24, 2.45) is 11.1 Å². The lowest BCUT2D eigenvalue weighted by molar-refractivity contribution is -0.135. The molecule has 76 valence electrons. The van der Waals surface area contributed by atoms with Crippen LogP contribution < -0.4 is 11.1 Å². The molecule has 0 radical (unpaired) electrons. The molecule has 1 aliphatic rings. The van der Waals surface area contributed by atoms with Gasteiger partial charge in [-0.2, -0.15) is 5.26 Å². The first kappa shape index (κ1) is 10.5. The van der Waals surface area contributed by atoms with Gasteiger partial charge < -0.3 is 11.1 Å². The van der Waals surface area contributed by atoms with Crippen LogP contribution in [0.15, 0.2) is 0 Å². The molecule has 0 aliphatic heterocycles. The average Bonchev–Trinajstić information content (AvgIpc) is 2.02. The third-order valence-corrected chi connectivity index (χ3v) is 2.63. The molecule has 14 heavy (non-hydrogen) atoms. The predicted octanol–water partition coefficient (Wildman–Crippen LogP) is -0.330. The standard InChI is InChI=1S/C9H13N3O2/c1-6(7(11)13)12-8(14)9(5-10)3-2-4-9/h6H,2-4H2,1H3,(H2,11,13)(H,12,14)/t6-/m1/s1. The van der Waals surface area contributed by atoms with Gasteiger partial charge >= 0.3 is 0 Å². The van der Waals surface area contributed by atoms with E-state index in [4.69, 9.17) is 11.0 Å². The van der Waals surface area contributed by atoms with Crippen LogP contribution in [-0.2, 0) is 9.59 Å². The molecule has 1 rings (SSSR count). The van der Waals surface area contributed by atoms with Crippen LogP contribution in [-0.4, -0.2) is 17.9 Å². The molecule has 0 saturated heterocycles. The van der Waals surface area contributed by atoms with Gasteiger partial charge in [0.25, 0.3) is 0 Å². The molecule has 5 nitrogen and oxygen atoms in total. The highest BCUT2D eigenvalue weighted by atomic mass is 16.2. The number of carbonyl (C=O) groups excluding carboxylic acids is 2. The molecule has 0 unspecified atom stereocenters. The number of nitrogens with one attached hydrogen (secondary N) is 1. The number of amides is 2. The first-order valence-corrected chi connectivity index (χ1v) is 4.53. The van der Waals surface area contributed by atoms with Gasteiger partial charge in [0.1, 0.15) is 11.5 Å². The van der Waals surface area contributed by atoms with Gasteiger partial charge in [-0.05, 0) is 26.2 Å². The molecule has 1 saturated carbocycles. The first-order chi connectivity index (χ1) is 6.52. The van der Waals surface area contributed by atoms with Gasteiger partial charge in [0.05, 0.1) is 6.07 Å². The zero-order valence-corrected chi connectivity index (χ0v) is 8.04. The summed E-state index contributed by atoms with van der Waals surface area (Å²) in [5.41, 5.74) is 4.08. The number of nitriles is 1. The zero-order valence-electron chi connectivity index (χ0n) is 8.04. The van der Waals surface area contributed by atoms with E-state index in [0.29, 0.717) is 12.8 Å². The third kappa shape index (κ3) is 1.69. The normalized spacial score (nSPS) is 20.0. The van der Waals surface area contributed by atoms with Crippen molar-refractivity contribution < 1.29 is 9.59 Å². The monoisotopic (exact) mass is 195 g/mol. The van der Waals surface area contributed by atoms with Crippen molar-refractivity contribution in [1.82, 2.24) is 5.32 Å². The minimum atomic E-state index is -0.913. The van der Waals surface area contributed by atoms with E-state index < -0.39 is 17.4 Å². The van der Waals surface area contributed by atoms with Crippen LogP contribution in [0.1, 0.15) is 26.2 Å². The maximum Gasteiger partial charge on any atom is 0.241 e. The Bertz CT molecular complexity index is 302. The van der Waals surface area contributed by atoms with E-state index in [0.717, 1.165) is 6.42 Å². The Balaban J connectivity index is 2.58. The van der Waals surface area contributed by atoms with Gasteiger partial charge in [-0.25, -0.2) is 0 Å². The van der Waals surface area contributed by atoms with Crippen LogP contribution in [0.5, 0.6) is 0 Å². The number of primary amides is 1. The lowest BCUT2D eigenvalue weighted by Gasteiger charge is -2.33. The molecule has 3 N–H and O–H groups in total. The summed E-state index contributed by atoms with van der Waals surface area (Å²) in [7, 11) is 0. The van der Waals surface area contributed by atoms with Crippen molar-refractivity contribution in [1.29, 1.82) is 5.26 Å². The maximum absolute atomic E-state index is 11.6. The smallest absolute Gasteiger partial charge is 0.241 e. The van der Waals surface area contributed by atoms with E-state index in [1.807, 2.05) is 6.07 Å². The van der Waals surface area contributed by atoms with Crippen LogP contribution in [0.2, 0.25) is 0 Å². The van der Waals surface area contributed by atoms with E-state index >= 15 is 0 Å². The van der Waals surface area contributed by atoms with E-state index in [1.54, 1.807) is 0 Å². The van der Waals surface area contributed by atoms with Gasteiger partial charge in [-0.3, -0.25) is 9.59 Å². The minimum absolute atomic E-state index is 0.377. The molecule has 0 aromatic heterocycles. The molecule has 1 aliphatic carbocycles. The minimum Gasteiger partial charge on any atom is -0.368 e. The Morgan fingerprint density at radius 2 is 2.14 bits per heavy atom. The number of hydrogen-bond donors (Lipinski definition) is 2. The summed E-state index contributed by atoms with van der Waals surface area (Å²) in [6.45, 7) is 1.50. The second kappa shape index (κ2) is 3.66. The molecule has 0 aromatic carbocycles. The van der Waals surface area contributed by atoms with Crippen molar-refractivity contribution in [2.75, 3.05) is 0 Å². The number of carbonyl (C=O) groups is 2. The lowest BCUT2D eigenvalue weighted by atomic mass is 9.69. The highest BCUT2D eigenvalue weighted by molar-refractivity contribution is 5.91. The Morgan fingerprint density at radius 3 is 2.43 bits per heavy atom. The largest absolute Gasteiger partial charge is 0.368 e. The SMILES string of the molecule is C[C@@H](NC(=O)C1(C#N)CCC1)C(N)=O. The lowest BCUT2D eigenvalue weighted by Crippen LogP contribution is -2.51. The second-order valence-electron chi connectivity index (χ2n) is 3.64. The number of rotatable bonds is 3. The van der Waals surface area contributed by atoms with E-state index in [-0.39, 0.29) is 5.91 Å². The van der Waals surface area contributed by atoms with Crippen molar-refractivity contribution >= 4 is 11.8 Å². The summed E-state index contributed by atoms with van der Waals surface area (Å²) >= 11 is 0. The fourth-order valence-electron chi connectivity index (χ4n) is 1.33. The van der Waals surface area contributed by atoms with Crippen molar-refractivity contribution in [2.45, 2.75) is 32.2 Å². The number of nitrogens with zero attached hydrogens (tertiary/aromatic N) is 1. The number of hydrogen-bond acceptors (Lipinski definition) is 3. The summed E-state index contributed by atoms with van der Waals surface area (Å²) in [5, 5.41) is 11.3. The van der Waals surface area contributed by atoms with E-state index in [9.17, 15) is 9.59 Å². The molecule has 0 heterocycles. The van der Waals surface area contributed by atoms with Crippen molar-refractivity contribution in [3.05, 3.63) is 0 Å². The number of nitrogens with two attached hydrogens (primary N) is 1. The van der Waals surface area contributed by atoms with Gasteiger partial charge in [0, 0.05) is 0 Å².